The molecule has 0 aromatic heterocycles. The van der Waals surface area contributed by atoms with E-state index in [2.05, 4.69) is 15.3 Å². The molecule has 1 amide bonds. The Bertz CT molecular complexity index is 1650. The lowest BCUT2D eigenvalue weighted by atomic mass is 9.90. The summed E-state index contributed by atoms with van der Waals surface area (Å²) in [7, 11) is 1.10. The number of nitrogens with zero attached hydrogens (tertiary/aromatic N) is 4. The lowest BCUT2D eigenvalue weighted by Crippen LogP contribution is -2.59. The molecule has 21 heteroatoms. The van der Waals surface area contributed by atoms with Gasteiger partial charge in [0.15, 0.2) is 12.2 Å². The molecule has 2 aromatic carbocycles. The molecule has 1 saturated heterocycles. The highest BCUT2D eigenvalue weighted by Crippen LogP contribution is 2.33. The zero-order valence-corrected chi connectivity index (χ0v) is 28.3. The fraction of sp³-hybridized carbons (Fsp3) is 0.452. The van der Waals surface area contributed by atoms with Crippen molar-refractivity contribution in [3.05, 3.63) is 68.6 Å². The standard InChI is InChI=1S/C31H35N5O16/c1-17-25(48-18(2)37)27(49-19(3)38)29(51-26(17)28(39)44-4)52-30(40)34-23-10-5-20(15-24(23)46-14-13-45-12-11-33-35-32)16-47-31(41)50-22-8-6-21(7-9-22)36(42)43/h5-10,15,17,25-27,29H,11-14,16H2,1-4H3,(H,34,40)/t17-,25-,26-,27+,29?/m0/s1. The normalized spacial score (nSPS) is 19.1. The van der Waals surface area contributed by atoms with Crippen molar-refractivity contribution in [1.82, 2.24) is 0 Å². The first kappa shape index (κ1) is 40.3. The van der Waals surface area contributed by atoms with E-state index in [0.717, 1.165) is 33.1 Å². The molecule has 2 aromatic rings. The minimum atomic E-state index is -1.75. The van der Waals surface area contributed by atoms with Crippen LogP contribution in [-0.2, 0) is 54.1 Å². The maximum Gasteiger partial charge on any atom is 0.514 e. The number of nitro benzene ring substituents is 1. The van der Waals surface area contributed by atoms with Gasteiger partial charge in [0.05, 0.1) is 30.9 Å². The fourth-order valence-electron chi connectivity index (χ4n) is 4.62. The fourth-order valence-corrected chi connectivity index (χ4v) is 4.62. The van der Waals surface area contributed by atoms with E-state index in [1.807, 2.05) is 0 Å². The summed E-state index contributed by atoms with van der Waals surface area (Å²) in [6.07, 6.45) is -8.18. The Balaban J connectivity index is 1.77. The highest BCUT2D eigenvalue weighted by molar-refractivity contribution is 5.87. The molecule has 0 saturated carbocycles. The number of anilines is 1. The van der Waals surface area contributed by atoms with E-state index in [4.69, 9.17) is 48.2 Å². The van der Waals surface area contributed by atoms with Gasteiger partial charge in [-0.3, -0.25) is 25.0 Å². The first-order valence-electron chi connectivity index (χ1n) is 15.3. The lowest BCUT2D eigenvalue weighted by molar-refractivity contribution is -0.384. The summed E-state index contributed by atoms with van der Waals surface area (Å²) in [5.74, 6) is -3.31. The van der Waals surface area contributed by atoms with Gasteiger partial charge >= 0.3 is 30.2 Å². The summed E-state index contributed by atoms with van der Waals surface area (Å²) in [5.41, 5.74) is 8.59. The average molecular weight is 734 g/mol. The van der Waals surface area contributed by atoms with Crippen LogP contribution in [0.5, 0.6) is 11.5 Å². The molecule has 5 atom stereocenters. The zero-order valence-electron chi connectivity index (χ0n) is 28.3. The molecule has 52 heavy (non-hydrogen) atoms. The number of nitrogens with one attached hydrogen (secondary N) is 1. The van der Waals surface area contributed by atoms with Gasteiger partial charge in [-0.25, -0.2) is 14.4 Å². The van der Waals surface area contributed by atoms with Gasteiger partial charge in [0, 0.05) is 43.4 Å². The van der Waals surface area contributed by atoms with Gasteiger partial charge in [0.25, 0.3) is 5.69 Å². The number of hydrogen-bond donors (Lipinski definition) is 1. The number of non-ortho nitro benzene ring substituents is 1. The minimum absolute atomic E-state index is 0.00238. The van der Waals surface area contributed by atoms with Gasteiger partial charge in [-0.2, -0.15) is 0 Å². The van der Waals surface area contributed by atoms with Crippen LogP contribution in [-0.4, -0.2) is 93.2 Å². The van der Waals surface area contributed by atoms with E-state index in [1.165, 1.54) is 37.3 Å². The summed E-state index contributed by atoms with van der Waals surface area (Å²) >= 11 is 0. The van der Waals surface area contributed by atoms with Crippen molar-refractivity contribution in [1.29, 1.82) is 0 Å². The van der Waals surface area contributed by atoms with Crippen LogP contribution in [0.1, 0.15) is 26.3 Å². The van der Waals surface area contributed by atoms with Gasteiger partial charge in [-0.05, 0) is 35.4 Å². The van der Waals surface area contributed by atoms with Crippen LogP contribution < -0.4 is 14.8 Å². The van der Waals surface area contributed by atoms with Gasteiger partial charge in [-0.15, -0.1) is 0 Å². The van der Waals surface area contributed by atoms with Crippen LogP contribution in [0.25, 0.3) is 10.4 Å². The van der Waals surface area contributed by atoms with E-state index >= 15 is 0 Å². The molecule has 1 aliphatic heterocycles. The van der Waals surface area contributed by atoms with Crippen LogP contribution in [0.3, 0.4) is 0 Å². The smallest absolute Gasteiger partial charge is 0.489 e. The zero-order chi connectivity index (χ0) is 38.2. The molecule has 280 valence electrons. The van der Waals surface area contributed by atoms with E-state index in [1.54, 1.807) is 0 Å². The van der Waals surface area contributed by atoms with Crippen molar-refractivity contribution >= 4 is 41.5 Å². The predicted molar refractivity (Wildman–Crippen MR) is 172 cm³/mol. The van der Waals surface area contributed by atoms with Crippen molar-refractivity contribution < 1.29 is 71.5 Å². The number of rotatable bonds is 16. The molecule has 0 aliphatic carbocycles. The number of benzene rings is 2. The third-order valence-electron chi connectivity index (χ3n) is 6.90. The number of methoxy groups -OCH3 is 1. The molecule has 1 fully saturated rings. The third kappa shape index (κ3) is 12.3. The maximum atomic E-state index is 13.2. The quantitative estimate of drug-likeness (QED) is 0.0294. The van der Waals surface area contributed by atoms with Crippen LogP contribution in [0.2, 0.25) is 0 Å². The SMILES string of the molecule is COC(=O)[C@H]1OC(OC(=O)Nc2ccc(COC(=O)Oc3ccc([N+](=O)[O-])cc3)cc2OCCOCCN=[N+]=[N-])[C@H](OC(C)=O)[C@@H](OC(C)=O)[C@@H]1C. The lowest BCUT2D eigenvalue weighted by Gasteiger charge is -2.42. The highest BCUT2D eigenvalue weighted by Gasteiger charge is 2.52. The number of esters is 3. The Hall–Kier alpha value is -6.18. The Morgan fingerprint density at radius 3 is 2.31 bits per heavy atom. The van der Waals surface area contributed by atoms with Crippen molar-refractivity contribution in [2.45, 2.75) is 52.0 Å². The van der Waals surface area contributed by atoms with E-state index in [9.17, 15) is 34.1 Å². The topological polar surface area (TPSA) is 272 Å². The van der Waals surface area contributed by atoms with Gasteiger partial charge in [0.1, 0.15) is 24.7 Å². The Labute approximate surface area is 295 Å². The van der Waals surface area contributed by atoms with Crippen LogP contribution in [0, 0.1) is 16.0 Å². The second kappa shape index (κ2) is 19.9. The monoisotopic (exact) mass is 733 g/mol. The summed E-state index contributed by atoms with van der Waals surface area (Å²) in [6.45, 7) is 3.51. The predicted octanol–water partition coefficient (Wildman–Crippen LogP) is 3.96. The summed E-state index contributed by atoms with van der Waals surface area (Å²) in [5, 5.41) is 16.6. The van der Waals surface area contributed by atoms with Crippen molar-refractivity contribution in [2.75, 3.05) is 38.8 Å². The molecule has 3 rings (SSSR count). The molecule has 1 unspecified atom stereocenters. The molecule has 1 N–H and O–H groups in total. The number of ether oxygens (including phenoxy) is 9. The molecular weight excluding hydrogens is 698 g/mol. The summed E-state index contributed by atoms with van der Waals surface area (Å²) in [4.78, 5) is 74.7. The molecule has 0 spiro atoms. The highest BCUT2D eigenvalue weighted by atomic mass is 16.7. The summed E-state index contributed by atoms with van der Waals surface area (Å²) < 4.78 is 47.8. The molecule has 21 nitrogen and oxygen atoms in total. The number of hydrogen-bond acceptors (Lipinski definition) is 17. The second-order valence-corrected chi connectivity index (χ2v) is 10.6. The molecular formula is C31H35N5O16. The molecule has 0 bridgehead atoms. The largest absolute Gasteiger partial charge is 0.514 e. The molecule has 1 heterocycles. The minimum Gasteiger partial charge on any atom is -0.489 e. The van der Waals surface area contributed by atoms with Gasteiger partial charge < -0.3 is 42.6 Å². The Morgan fingerprint density at radius 1 is 0.981 bits per heavy atom. The van der Waals surface area contributed by atoms with Gasteiger partial charge in [0.2, 0.25) is 12.4 Å². The van der Waals surface area contributed by atoms with E-state index in [0.29, 0.717) is 5.56 Å². The number of carbonyl (C=O) groups is 5. The number of amides is 1. The average Bonchev–Trinajstić information content (AvgIpc) is 3.10. The van der Waals surface area contributed by atoms with Crippen LogP contribution >= 0.6 is 0 Å². The van der Waals surface area contributed by atoms with Crippen molar-refractivity contribution in [3.63, 3.8) is 0 Å². The second-order valence-electron chi connectivity index (χ2n) is 10.6. The molecule has 1 aliphatic rings. The van der Waals surface area contributed by atoms with Crippen molar-refractivity contribution in [2.24, 2.45) is 11.0 Å². The first-order valence-corrected chi connectivity index (χ1v) is 15.3. The van der Waals surface area contributed by atoms with E-state index in [-0.39, 0.29) is 55.8 Å². The molecule has 0 radical (unpaired) electrons. The van der Waals surface area contributed by atoms with E-state index < -0.39 is 65.6 Å². The maximum absolute atomic E-state index is 13.2. The number of nitro groups is 1. The van der Waals surface area contributed by atoms with Crippen LogP contribution in [0.4, 0.5) is 21.0 Å². The Kier molecular flexibility index (Phi) is 15.4. The third-order valence-corrected chi connectivity index (χ3v) is 6.90. The summed E-state index contributed by atoms with van der Waals surface area (Å²) in [6, 6.07) is 9.00. The first-order chi connectivity index (χ1) is 24.8. The number of carbonyl (C=O) groups excluding carboxylic acids is 5. The number of azide groups is 1. The van der Waals surface area contributed by atoms with Crippen molar-refractivity contribution in [3.8, 4) is 11.5 Å². The Morgan fingerprint density at radius 2 is 1.67 bits per heavy atom. The van der Waals surface area contributed by atoms with Gasteiger partial charge in [-0.1, -0.05) is 18.1 Å². The van der Waals surface area contributed by atoms with Crippen LogP contribution in [0.15, 0.2) is 47.6 Å².